The lowest BCUT2D eigenvalue weighted by atomic mass is 9.84. The van der Waals surface area contributed by atoms with E-state index in [4.69, 9.17) is 4.74 Å². The second-order valence-corrected chi connectivity index (χ2v) is 6.02. The topological polar surface area (TPSA) is 38.3 Å². The molecular formula is C18H18F3NO2. The molecule has 0 aromatic heterocycles. The molecule has 1 N–H and O–H groups in total. The van der Waals surface area contributed by atoms with Crippen molar-refractivity contribution in [3.63, 3.8) is 0 Å². The highest BCUT2D eigenvalue weighted by atomic mass is 19.2. The van der Waals surface area contributed by atoms with Crippen LogP contribution in [0.15, 0.2) is 36.4 Å². The molecule has 1 amide bonds. The summed E-state index contributed by atoms with van der Waals surface area (Å²) < 4.78 is 44.9. The minimum atomic E-state index is -1.66. The van der Waals surface area contributed by atoms with Gasteiger partial charge in [0.15, 0.2) is 17.5 Å². The maximum Gasteiger partial charge on any atom is 0.254 e. The van der Waals surface area contributed by atoms with Crippen molar-refractivity contribution in [1.82, 2.24) is 5.32 Å². The molecule has 6 heteroatoms. The highest BCUT2D eigenvalue weighted by Crippen LogP contribution is 2.25. The van der Waals surface area contributed by atoms with Crippen molar-refractivity contribution in [3.05, 3.63) is 65.0 Å². The number of amides is 1. The molecule has 0 aliphatic heterocycles. The van der Waals surface area contributed by atoms with Crippen LogP contribution < -0.4 is 10.1 Å². The molecule has 3 nitrogen and oxygen atoms in total. The maximum atomic E-state index is 13.6. The molecule has 0 fully saturated rings. The van der Waals surface area contributed by atoms with E-state index in [0.717, 1.165) is 17.7 Å². The largest absolute Gasteiger partial charge is 0.497 e. The first-order chi connectivity index (χ1) is 11.3. The highest BCUT2D eigenvalue weighted by molar-refractivity contribution is 5.94. The Morgan fingerprint density at radius 3 is 2.25 bits per heavy atom. The third kappa shape index (κ3) is 3.69. The van der Waals surface area contributed by atoms with Crippen LogP contribution in [0.1, 0.15) is 29.8 Å². The van der Waals surface area contributed by atoms with Crippen molar-refractivity contribution in [2.75, 3.05) is 13.7 Å². The number of benzene rings is 2. The molecule has 0 heterocycles. The summed E-state index contributed by atoms with van der Waals surface area (Å²) in [4.78, 5) is 12.0. The van der Waals surface area contributed by atoms with Crippen LogP contribution in [0.3, 0.4) is 0 Å². The average molecular weight is 337 g/mol. The van der Waals surface area contributed by atoms with Gasteiger partial charge in [-0.05, 0) is 29.8 Å². The summed E-state index contributed by atoms with van der Waals surface area (Å²) in [7, 11) is 1.57. The Balaban J connectivity index is 2.11. The summed E-state index contributed by atoms with van der Waals surface area (Å²) in [5.74, 6) is -4.56. The molecule has 0 unspecified atom stereocenters. The smallest absolute Gasteiger partial charge is 0.254 e. The number of nitrogens with one attached hydrogen (secondary N) is 1. The second kappa shape index (κ2) is 6.95. The number of carbonyl (C=O) groups excluding carboxylic acids is 1. The number of hydrogen-bond acceptors (Lipinski definition) is 2. The number of hydrogen-bond donors (Lipinski definition) is 1. The van der Waals surface area contributed by atoms with E-state index < -0.39 is 34.3 Å². The lowest BCUT2D eigenvalue weighted by Gasteiger charge is -2.26. The Hall–Kier alpha value is -2.50. The Bertz CT molecular complexity index is 743. The predicted molar refractivity (Wildman–Crippen MR) is 84.7 cm³/mol. The molecule has 24 heavy (non-hydrogen) atoms. The standard InChI is InChI=1S/C18H18F3NO2/c1-18(2,11-4-6-12(24-3)7-5-11)10-22-17(23)13-8-9-14(19)16(21)15(13)20/h4-9H,10H2,1-3H3,(H,22,23). The SMILES string of the molecule is COc1ccc(C(C)(C)CNC(=O)c2ccc(F)c(F)c2F)cc1. The average Bonchev–Trinajstić information content (AvgIpc) is 2.58. The zero-order valence-corrected chi connectivity index (χ0v) is 13.6. The Kier molecular flexibility index (Phi) is 5.17. The van der Waals surface area contributed by atoms with Crippen LogP contribution in [-0.2, 0) is 5.41 Å². The number of ether oxygens (including phenoxy) is 1. The number of methoxy groups -OCH3 is 1. The van der Waals surface area contributed by atoms with Gasteiger partial charge in [0, 0.05) is 12.0 Å². The first-order valence-electron chi connectivity index (χ1n) is 7.32. The maximum absolute atomic E-state index is 13.6. The Labute approximate surface area is 138 Å². The summed E-state index contributed by atoms with van der Waals surface area (Å²) >= 11 is 0. The minimum absolute atomic E-state index is 0.191. The van der Waals surface area contributed by atoms with E-state index in [1.807, 2.05) is 26.0 Å². The quantitative estimate of drug-likeness (QED) is 0.843. The predicted octanol–water partition coefficient (Wildman–Crippen LogP) is 3.82. The number of halogens is 3. The lowest BCUT2D eigenvalue weighted by Crippen LogP contribution is -2.37. The van der Waals surface area contributed by atoms with Gasteiger partial charge >= 0.3 is 0 Å². The normalized spacial score (nSPS) is 11.2. The zero-order valence-electron chi connectivity index (χ0n) is 13.6. The van der Waals surface area contributed by atoms with Crippen molar-refractivity contribution in [1.29, 1.82) is 0 Å². The van der Waals surface area contributed by atoms with Crippen LogP contribution in [0.25, 0.3) is 0 Å². The third-order valence-corrected chi connectivity index (χ3v) is 3.84. The van der Waals surface area contributed by atoms with E-state index in [1.54, 1.807) is 19.2 Å². The number of rotatable bonds is 5. The second-order valence-electron chi connectivity index (χ2n) is 6.02. The fourth-order valence-corrected chi connectivity index (χ4v) is 2.24. The van der Waals surface area contributed by atoms with E-state index in [1.165, 1.54) is 0 Å². The third-order valence-electron chi connectivity index (χ3n) is 3.84. The van der Waals surface area contributed by atoms with Gasteiger partial charge in [0.1, 0.15) is 5.75 Å². The molecule has 0 bridgehead atoms. The minimum Gasteiger partial charge on any atom is -0.497 e. The van der Waals surface area contributed by atoms with Crippen LogP contribution in [0.4, 0.5) is 13.2 Å². The summed E-state index contributed by atoms with van der Waals surface area (Å²) in [6, 6.07) is 8.97. The van der Waals surface area contributed by atoms with Crippen molar-refractivity contribution in [3.8, 4) is 5.75 Å². The molecule has 2 aromatic rings. The van der Waals surface area contributed by atoms with Gasteiger partial charge < -0.3 is 10.1 Å². The molecule has 2 aromatic carbocycles. The molecule has 2 rings (SSSR count). The molecule has 0 spiro atoms. The van der Waals surface area contributed by atoms with E-state index in [2.05, 4.69) is 5.32 Å². The van der Waals surface area contributed by atoms with Crippen LogP contribution in [-0.4, -0.2) is 19.6 Å². The summed E-state index contributed by atoms with van der Waals surface area (Å²) in [5.41, 5.74) is -0.0365. The van der Waals surface area contributed by atoms with Crippen LogP contribution in [0.5, 0.6) is 5.75 Å². The van der Waals surface area contributed by atoms with Gasteiger partial charge in [0.25, 0.3) is 5.91 Å². The fourth-order valence-electron chi connectivity index (χ4n) is 2.24. The molecular weight excluding hydrogens is 319 g/mol. The van der Waals surface area contributed by atoms with E-state index in [9.17, 15) is 18.0 Å². The van der Waals surface area contributed by atoms with Crippen LogP contribution >= 0.6 is 0 Å². The highest BCUT2D eigenvalue weighted by Gasteiger charge is 2.24. The van der Waals surface area contributed by atoms with Gasteiger partial charge in [-0.3, -0.25) is 4.79 Å². The molecule has 0 saturated heterocycles. The molecule has 0 saturated carbocycles. The summed E-state index contributed by atoms with van der Waals surface area (Å²) in [6.07, 6.45) is 0. The first-order valence-corrected chi connectivity index (χ1v) is 7.32. The summed E-state index contributed by atoms with van der Waals surface area (Å²) in [5, 5.41) is 2.55. The van der Waals surface area contributed by atoms with Crippen molar-refractivity contribution >= 4 is 5.91 Å². The van der Waals surface area contributed by atoms with E-state index >= 15 is 0 Å². The van der Waals surface area contributed by atoms with Gasteiger partial charge in [-0.15, -0.1) is 0 Å². The number of carbonyl (C=O) groups is 1. The van der Waals surface area contributed by atoms with Gasteiger partial charge in [-0.1, -0.05) is 26.0 Å². The molecule has 128 valence electrons. The Morgan fingerprint density at radius 2 is 1.67 bits per heavy atom. The molecule has 0 radical (unpaired) electrons. The molecule has 0 atom stereocenters. The van der Waals surface area contributed by atoms with E-state index in [-0.39, 0.29) is 6.54 Å². The van der Waals surface area contributed by atoms with Gasteiger partial charge in [-0.2, -0.15) is 0 Å². The van der Waals surface area contributed by atoms with Crippen molar-refractivity contribution in [2.45, 2.75) is 19.3 Å². The van der Waals surface area contributed by atoms with Gasteiger partial charge in [-0.25, -0.2) is 13.2 Å². The zero-order chi connectivity index (χ0) is 17.9. The van der Waals surface area contributed by atoms with E-state index in [0.29, 0.717) is 5.75 Å². The Morgan fingerprint density at radius 1 is 1.04 bits per heavy atom. The van der Waals surface area contributed by atoms with Gasteiger partial charge in [0.2, 0.25) is 0 Å². The van der Waals surface area contributed by atoms with Crippen molar-refractivity contribution in [2.24, 2.45) is 0 Å². The molecule has 0 aliphatic carbocycles. The lowest BCUT2D eigenvalue weighted by molar-refractivity contribution is 0.0940. The van der Waals surface area contributed by atoms with Crippen molar-refractivity contribution < 1.29 is 22.7 Å². The first kappa shape index (κ1) is 17.8. The molecule has 0 aliphatic rings. The fraction of sp³-hybridized carbons (Fsp3) is 0.278. The van der Waals surface area contributed by atoms with Crippen LogP contribution in [0.2, 0.25) is 0 Å². The monoisotopic (exact) mass is 337 g/mol. The summed E-state index contributed by atoms with van der Waals surface area (Å²) in [6.45, 7) is 3.99. The van der Waals surface area contributed by atoms with Crippen LogP contribution in [0, 0.1) is 17.5 Å². The van der Waals surface area contributed by atoms with Gasteiger partial charge in [0.05, 0.1) is 12.7 Å².